The third-order valence-corrected chi connectivity index (χ3v) is 3.96. The van der Waals surface area contributed by atoms with E-state index in [0.717, 1.165) is 28.0 Å². The van der Waals surface area contributed by atoms with Crippen LogP contribution in [0.25, 0.3) is 0 Å². The van der Waals surface area contributed by atoms with E-state index in [9.17, 15) is 4.39 Å². The molecule has 21 heavy (non-hydrogen) atoms. The van der Waals surface area contributed by atoms with Crippen molar-refractivity contribution in [2.75, 3.05) is 7.11 Å². The summed E-state index contributed by atoms with van der Waals surface area (Å²) >= 11 is 5.86. The molecule has 0 saturated carbocycles. The van der Waals surface area contributed by atoms with Crippen molar-refractivity contribution in [3.63, 3.8) is 0 Å². The fourth-order valence-electron chi connectivity index (χ4n) is 2.37. The predicted molar refractivity (Wildman–Crippen MR) is 83.0 cm³/mol. The van der Waals surface area contributed by atoms with Gasteiger partial charge < -0.3 is 4.74 Å². The molecule has 1 atom stereocenters. The van der Waals surface area contributed by atoms with Crippen LogP contribution in [0.15, 0.2) is 30.3 Å². The van der Waals surface area contributed by atoms with Crippen LogP contribution in [-0.2, 0) is 0 Å². The van der Waals surface area contributed by atoms with Crippen LogP contribution in [0.2, 0.25) is 5.02 Å². The van der Waals surface area contributed by atoms with Gasteiger partial charge in [-0.2, -0.15) is 0 Å². The summed E-state index contributed by atoms with van der Waals surface area (Å²) in [5, 5.41) is 0.0653. The first kappa shape index (κ1) is 15.8. The zero-order valence-corrected chi connectivity index (χ0v) is 13.0. The monoisotopic (exact) mass is 308 g/mol. The van der Waals surface area contributed by atoms with Crippen LogP contribution in [0.1, 0.15) is 28.3 Å². The first-order valence-corrected chi connectivity index (χ1v) is 6.92. The Kier molecular flexibility index (Phi) is 4.83. The molecule has 112 valence electrons. The number of rotatable bonds is 4. The van der Waals surface area contributed by atoms with E-state index in [4.69, 9.17) is 22.2 Å². The van der Waals surface area contributed by atoms with Crippen LogP contribution in [0, 0.1) is 19.7 Å². The Labute approximate surface area is 128 Å². The zero-order chi connectivity index (χ0) is 15.6. The standard InChI is InChI=1S/C16H18ClFN2O/c1-9-4-6-12(16(21-3)10(9)2)15(20-19)11-5-7-14(18)13(17)8-11/h4-8,15,20H,19H2,1-3H3. The van der Waals surface area contributed by atoms with Gasteiger partial charge in [0.1, 0.15) is 11.6 Å². The number of hydrazine groups is 1. The Bertz CT molecular complexity index is 661. The summed E-state index contributed by atoms with van der Waals surface area (Å²) in [5.41, 5.74) is 6.56. The minimum atomic E-state index is -0.455. The van der Waals surface area contributed by atoms with Crippen molar-refractivity contribution in [1.29, 1.82) is 0 Å². The van der Waals surface area contributed by atoms with E-state index in [1.54, 1.807) is 19.2 Å². The molecule has 0 aliphatic rings. The largest absolute Gasteiger partial charge is 0.496 e. The fraction of sp³-hybridized carbons (Fsp3) is 0.250. The zero-order valence-electron chi connectivity index (χ0n) is 12.2. The van der Waals surface area contributed by atoms with Crippen molar-refractivity contribution in [1.82, 2.24) is 5.43 Å². The van der Waals surface area contributed by atoms with Crippen LogP contribution >= 0.6 is 11.6 Å². The molecule has 2 aromatic carbocycles. The number of aryl methyl sites for hydroxylation is 1. The predicted octanol–water partition coefficient (Wildman–Crippen LogP) is 3.66. The molecule has 5 heteroatoms. The summed E-state index contributed by atoms with van der Waals surface area (Å²) in [6.45, 7) is 4.00. The van der Waals surface area contributed by atoms with Crippen molar-refractivity contribution in [2.24, 2.45) is 5.84 Å². The Hall–Kier alpha value is -1.62. The van der Waals surface area contributed by atoms with Gasteiger partial charge in [-0.05, 0) is 42.7 Å². The molecule has 1 unspecified atom stereocenters. The van der Waals surface area contributed by atoms with Crippen molar-refractivity contribution < 1.29 is 9.13 Å². The average molecular weight is 309 g/mol. The lowest BCUT2D eigenvalue weighted by molar-refractivity contribution is 0.400. The summed E-state index contributed by atoms with van der Waals surface area (Å²) in [4.78, 5) is 0. The van der Waals surface area contributed by atoms with Gasteiger partial charge in [0, 0.05) is 5.56 Å². The molecule has 0 amide bonds. The molecule has 3 nitrogen and oxygen atoms in total. The van der Waals surface area contributed by atoms with E-state index in [1.165, 1.54) is 6.07 Å². The molecule has 0 fully saturated rings. The summed E-state index contributed by atoms with van der Waals surface area (Å²) < 4.78 is 18.8. The Morgan fingerprint density at radius 2 is 1.95 bits per heavy atom. The van der Waals surface area contributed by atoms with Gasteiger partial charge in [0.15, 0.2) is 0 Å². The lowest BCUT2D eigenvalue weighted by Crippen LogP contribution is -2.29. The minimum absolute atomic E-state index is 0.0653. The molecular formula is C16H18ClFN2O. The number of methoxy groups -OCH3 is 1. The van der Waals surface area contributed by atoms with Gasteiger partial charge in [-0.1, -0.05) is 29.8 Å². The highest BCUT2D eigenvalue weighted by atomic mass is 35.5. The van der Waals surface area contributed by atoms with Crippen molar-refractivity contribution in [3.8, 4) is 5.75 Å². The highest BCUT2D eigenvalue weighted by Gasteiger charge is 2.20. The first-order valence-electron chi connectivity index (χ1n) is 6.54. The summed E-state index contributed by atoms with van der Waals surface area (Å²) in [6, 6.07) is 8.16. The number of benzene rings is 2. The lowest BCUT2D eigenvalue weighted by atomic mass is 9.94. The topological polar surface area (TPSA) is 47.3 Å². The summed E-state index contributed by atoms with van der Waals surface area (Å²) in [5.74, 6) is 6.00. The molecule has 0 spiro atoms. The van der Waals surface area contributed by atoms with E-state index < -0.39 is 5.82 Å². The Morgan fingerprint density at radius 3 is 2.52 bits per heavy atom. The minimum Gasteiger partial charge on any atom is -0.496 e. The maximum Gasteiger partial charge on any atom is 0.141 e. The summed E-state index contributed by atoms with van der Waals surface area (Å²) in [6.07, 6.45) is 0. The Morgan fingerprint density at radius 1 is 1.24 bits per heavy atom. The SMILES string of the molecule is COc1c(C(NN)c2ccc(F)c(Cl)c2)ccc(C)c1C. The van der Waals surface area contributed by atoms with Crippen LogP contribution < -0.4 is 16.0 Å². The van der Waals surface area contributed by atoms with E-state index in [0.29, 0.717) is 0 Å². The highest BCUT2D eigenvalue weighted by Crippen LogP contribution is 2.34. The maximum absolute atomic E-state index is 13.3. The fourth-order valence-corrected chi connectivity index (χ4v) is 2.56. The number of nitrogens with one attached hydrogen (secondary N) is 1. The second-order valence-corrected chi connectivity index (χ2v) is 5.31. The molecular weight excluding hydrogens is 291 g/mol. The van der Waals surface area contributed by atoms with Gasteiger partial charge in [-0.25, -0.2) is 9.82 Å². The van der Waals surface area contributed by atoms with Crippen molar-refractivity contribution in [2.45, 2.75) is 19.9 Å². The third kappa shape index (κ3) is 3.02. The van der Waals surface area contributed by atoms with Gasteiger partial charge in [0.25, 0.3) is 0 Å². The third-order valence-electron chi connectivity index (χ3n) is 3.67. The normalized spacial score (nSPS) is 12.3. The molecule has 0 saturated heterocycles. The van der Waals surface area contributed by atoms with E-state index >= 15 is 0 Å². The number of nitrogens with two attached hydrogens (primary N) is 1. The van der Waals surface area contributed by atoms with E-state index in [-0.39, 0.29) is 11.1 Å². The smallest absolute Gasteiger partial charge is 0.141 e. The van der Waals surface area contributed by atoms with Gasteiger partial charge in [0.2, 0.25) is 0 Å². The van der Waals surface area contributed by atoms with E-state index in [1.807, 2.05) is 26.0 Å². The van der Waals surface area contributed by atoms with Crippen LogP contribution in [0.3, 0.4) is 0 Å². The van der Waals surface area contributed by atoms with Gasteiger partial charge in [-0.15, -0.1) is 0 Å². The number of hydrogen-bond donors (Lipinski definition) is 2. The molecule has 0 aliphatic carbocycles. The van der Waals surface area contributed by atoms with Gasteiger partial charge in [-0.3, -0.25) is 5.84 Å². The average Bonchev–Trinajstić information content (AvgIpc) is 2.47. The molecule has 0 heterocycles. The quantitative estimate of drug-likeness (QED) is 0.669. The Balaban J connectivity index is 2.56. The second kappa shape index (κ2) is 6.43. The van der Waals surface area contributed by atoms with Crippen LogP contribution in [0.5, 0.6) is 5.75 Å². The van der Waals surface area contributed by atoms with E-state index in [2.05, 4.69) is 5.43 Å². The molecule has 0 aromatic heterocycles. The number of halogens is 2. The molecule has 2 rings (SSSR count). The van der Waals surface area contributed by atoms with Crippen molar-refractivity contribution >= 4 is 11.6 Å². The lowest BCUT2D eigenvalue weighted by Gasteiger charge is -2.22. The number of hydrogen-bond acceptors (Lipinski definition) is 3. The number of ether oxygens (including phenoxy) is 1. The van der Waals surface area contributed by atoms with Crippen LogP contribution in [-0.4, -0.2) is 7.11 Å². The van der Waals surface area contributed by atoms with Crippen molar-refractivity contribution in [3.05, 3.63) is 63.4 Å². The molecule has 0 radical (unpaired) electrons. The van der Waals surface area contributed by atoms with Gasteiger partial charge >= 0.3 is 0 Å². The highest BCUT2D eigenvalue weighted by molar-refractivity contribution is 6.30. The second-order valence-electron chi connectivity index (χ2n) is 4.90. The molecule has 0 aliphatic heterocycles. The van der Waals surface area contributed by atoms with Gasteiger partial charge in [0.05, 0.1) is 18.2 Å². The first-order chi connectivity index (χ1) is 9.99. The maximum atomic E-state index is 13.3. The molecule has 0 bridgehead atoms. The molecule has 3 N–H and O–H groups in total. The molecule has 2 aromatic rings. The van der Waals surface area contributed by atoms with Crippen LogP contribution in [0.4, 0.5) is 4.39 Å². The summed E-state index contributed by atoms with van der Waals surface area (Å²) in [7, 11) is 1.62.